The number of allylic oxidation sites excluding steroid dienone is 2. The number of ether oxygens (including phenoxy) is 4. The fourth-order valence-corrected chi connectivity index (χ4v) is 13.1. The fraction of sp³-hybridized carbons (Fsp3) is 0.951. The Labute approximate surface area is 320 Å². The molecule has 20 atom stereocenters. The third-order valence-corrected chi connectivity index (χ3v) is 16.1. The summed E-state index contributed by atoms with van der Waals surface area (Å²) in [6.07, 6.45) is -7.93. The van der Waals surface area contributed by atoms with Crippen LogP contribution in [0.3, 0.4) is 0 Å². The molecule has 6 fully saturated rings. The first kappa shape index (κ1) is 42.8. The summed E-state index contributed by atoms with van der Waals surface area (Å²) < 4.78 is 24.6. The SMILES string of the molecule is CC(C)=CCC[C@](C)(O)[C@H]1CC[C@]2(C)[C@@H]1[C@H](O)C[C@@H]1[C@@]3(C)CC[C@H](O)C(C)(C)[C@@H]3[C@@H](OC3OC(CO)C(O)C(O)C3OC3OC(O)[C@H](O)C[C@@H]3O)C[C@]12C. The lowest BCUT2D eigenvalue weighted by Crippen LogP contribution is -2.71. The Bertz CT molecular complexity index is 1350. The van der Waals surface area contributed by atoms with Gasteiger partial charge < -0.3 is 64.9 Å². The highest BCUT2D eigenvalue weighted by Crippen LogP contribution is 2.76. The molecule has 0 amide bonds. The van der Waals surface area contributed by atoms with E-state index in [2.05, 4.69) is 40.7 Å². The molecule has 13 nitrogen and oxygen atoms in total. The molecule has 7 unspecified atom stereocenters. The number of fused-ring (bicyclic) bond motifs is 5. The van der Waals surface area contributed by atoms with Crippen LogP contribution in [-0.4, -0.2) is 132 Å². The Hall–Kier alpha value is -0.780. The van der Waals surface area contributed by atoms with Gasteiger partial charge in [0.2, 0.25) is 0 Å². The van der Waals surface area contributed by atoms with Gasteiger partial charge in [0.25, 0.3) is 0 Å². The molecule has 0 spiro atoms. The zero-order chi connectivity index (χ0) is 39.9. The van der Waals surface area contributed by atoms with Gasteiger partial charge in [-0.3, -0.25) is 0 Å². The molecule has 54 heavy (non-hydrogen) atoms. The summed E-state index contributed by atoms with van der Waals surface area (Å²) in [4.78, 5) is 0. The van der Waals surface area contributed by atoms with E-state index in [1.165, 1.54) is 5.57 Å². The number of rotatable bonds is 9. The van der Waals surface area contributed by atoms with Crippen LogP contribution in [0.5, 0.6) is 0 Å². The van der Waals surface area contributed by atoms with Crippen LogP contribution in [0.2, 0.25) is 0 Å². The second-order valence-corrected chi connectivity index (χ2v) is 19.8. The van der Waals surface area contributed by atoms with Crippen LogP contribution in [0.4, 0.5) is 0 Å². The number of aliphatic hydroxyl groups is 9. The molecule has 0 aromatic heterocycles. The summed E-state index contributed by atoms with van der Waals surface area (Å²) in [6, 6.07) is 0. The summed E-state index contributed by atoms with van der Waals surface area (Å²) in [7, 11) is 0. The van der Waals surface area contributed by atoms with Crippen LogP contribution >= 0.6 is 0 Å². The Morgan fingerprint density at radius 3 is 2.15 bits per heavy atom. The smallest absolute Gasteiger partial charge is 0.187 e. The molecule has 4 aliphatic carbocycles. The maximum atomic E-state index is 12.2. The van der Waals surface area contributed by atoms with Crippen molar-refractivity contribution in [2.24, 2.45) is 45.3 Å². The van der Waals surface area contributed by atoms with Crippen LogP contribution in [-0.2, 0) is 18.9 Å². The zero-order valence-electron chi connectivity index (χ0n) is 33.5. The molecule has 2 saturated heterocycles. The van der Waals surface area contributed by atoms with Crippen molar-refractivity contribution in [1.29, 1.82) is 0 Å². The highest BCUT2D eigenvalue weighted by atomic mass is 16.8. The molecule has 0 bridgehead atoms. The summed E-state index contributed by atoms with van der Waals surface area (Å²) >= 11 is 0. The Balaban J connectivity index is 1.38. The van der Waals surface area contributed by atoms with Crippen molar-refractivity contribution in [3.8, 4) is 0 Å². The lowest BCUT2D eigenvalue weighted by Gasteiger charge is -2.72. The number of aliphatic hydroxyl groups excluding tert-OH is 8. The molecule has 13 heteroatoms. The highest BCUT2D eigenvalue weighted by molar-refractivity contribution is 5.22. The van der Waals surface area contributed by atoms with E-state index < -0.39 is 108 Å². The maximum absolute atomic E-state index is 12.2. The highest BCUT2D eigenvalue weighted by Gasteiger charge is 2.73. The Morgan fingerprint density at radius 2 is 1.50 bits per heavy atom. The van der Waals surface area contributed by atoms with Crippen molar-refractivity contribution in [2.45, 2.75) is 193 Å². The Kier molecular flexibility index (Phi) is 12.0. The van der Waals surface area contributed by atoms with Gasteiger partial charge in [-0.1, -0.05) is 46.3 Å². The molecule has 0 aromatic carbocycles. The lowest BCUT2D eigenvalue weighted by atomic mass is 9.34. The second-order valence-electron chi connectivity index (χ2n) is 19.8. The van der Waals surface area contributed by atoms with E-state index in [1.54, 1.807) is 0 Å². The van der Waals surface area contributed by atoms with Gasteiger partial charge in [0.05, 0.1) is 30.5 Å². The molecule has 0 radical (unpaired) electrons. The largest absolute Gasteiger partial charge is 0.394 e. The molecule has 6 aliphatic rings. The summed E-state index contributed by atoms with van der Waals surface area (Å²) in [5.74, 6) is -0.513. The van der Waals surface area contributed by atoms with Gasteiger partial charge in [0.1, 0.15) is 36.6 Å². The van der Waals surface area contributed by atoms with Crippen LogP contribution in [0.1, 0.15) is 113 Å². The molecule has 4 saturated carbocycles. The number of hydrogen-bond acceptors (Lipinski definition) is 13. The fourth-order valence-electron chi connectivity index (χ4n) is 13.1. The average Bonchev–Trinajstić information content (AvgIpc) is 3.46. The van der Waals surface area contributed by atoms with Crippen molar-refractivity contribution in [1.82, 2.24) is 0 Å². The van der Waals surface area contributed by atoms with Crippen molar-refractivity contribution in [3.63, 3.8) is 0 Å². The van der Waals surface area contributed by atoms with Gasteiger partial charge in [-0.15, -0.1) is 0 Å². The topological polar surface area (TPSA) is 219 Å². The van der Waals surface area contributed by atoms with Crippen LogP contribution < -0.4 is 0 Å². The van der Waals surface area contributed by atoms with E-state index in [0.717, 1.165) is 19.3 Å². The van der Waals surface area contributed by atoms with E-state index in [4.69, 9.17) is 18.9 Å². The molecule has 0 aromatic rings. The lowest BCUT2D eigenvalue weighted by molar-refractivity contribution is -0.387. The molecule has 2 aliphatic heterocycles. The van der Waals surface area contributed by atoms with Gasteiger partial charge in [-0.2, -0.15) is 0 Å². The minimum atomic E-state index is -1.66. The van der Waals surface area contributed by atoms with Crippen molar-refractivity contribution in [2.75, 3.05) is 6.61 Å². The maximum Gasteiger partial charge on any atom is 0.187 e. The van der Waals surface area contributed by atoms with Crippen molar-refractivity contribution >= 4 is 0 Å². The summed E-state index contributed by atoms with van der Waals surface area (Å²) in [5, 5.41) is 99.4. The number of hydrogen-bond donors (Lipinski definition) is 9. The van der Waals surface area contributed by atoms with E-state index in [0.29, 0.717) is 32.1 Å². The zero-order valence-corrected chi connectivity index (χ0v) is 33.5. The summed E-state index contributed by atoms with van der Waals surface area (Å²) in [6.45, 7) is 16.3. The van der Waals surface area contributed by atoms with Crippen molar-refractivity contribution < 1.29 is 64.9 Å². The molecule has 312 valence electrons. The second kappa shape index (κ2) is 15.1. The van der Waals surface area contributed by atoms with E-state index in [9.17, 15) is 46.0 Å². The molecular formula is C41H70O13. The molecule has 6 rings (SSSR count). The van der Waals surface area contributed by atoms with E-state index in [-0.39, 0.29) is 30.1 Å². The predicted molar refractivity (Wildman–Crippen MR) is 196 cm³/mol. The van der Waals surface area contributed by atoms with Crippen LogP contribution in [0.15, 0.2) is 11.6 Å². The third-order valence-electron chi connectivity index (χ3n) is 16.1. The van der Waals surface area contributed by atoms with E-state index in [1.807, 2.05) is 20.8 Å². The van der Waals surface area contributed by atoms with Crippen LogP contribution in [0, 0.1) is 45.3 Å². The average molecular weight is 771 g/mol. The van der Waals surface area contributed by atoms with Gasteiger partial charge in [0.15, 0.2) is 18.9 Å². The standard InChI is InChI=1S/C41H70O13/c1-20(2)10-9-13-41(8,50)21-11-15-39(6)29(21)22(43)17-27-38(5)14-12-28(46)37(3,4)33(38)25(18-40(27,39)7)51-36-32(31(48)30(47)26(19-42)52-36)53-35-24(45)16-23(44)34(49)54-35/h10,21-36,42-50H,9,11-19H2,1-8H3/t21-,22+,23+,24-,25-,26?,27+,28-,29-,30?,31?,32?,33-,34?,35?,36?,38+,39+,40+,41-/m0/s1. The van der Waals surface area contributed by atoms with Gasteiger partial charge in [-0.05, 0) is 117 Å². The third kappa shape index (κ3) is 6.96. The molecular weight excluding hydrogens is 700 g/mol. The van der Waals surface area contributed by atoms with Gasteiger partial charge in [-0.25, -0.2) is 0 Å². The first-order chi connectivity index (χ1) is 25.0. The Morgan fingerprint density at radius 1 is 0.815 bits per heavy atom. The van der Waals surface area contributed by atoms with Gasteiger partial charge >= 0.3 is 0 Å². The molecule has 2 heterocycles. The van der Waals surface area contributed by atoms with E-state index >= 15 is 0 Å². The summed E-state index contributed by atoms with van der Waals surface area (Å²) in [5.41, 5.74) is -1.69. The van der Waals surface area contributed by atoms with Crippen molar-refractivity contribution in [3.05, 3.63) is 11.6 Å². The monoisotopic (exact) mass is 770 g/mol. The predicted octanol–water partition coefficient (Wildman–Crippen LogP) is 2.11. The first-order valence-corrected chi connectivity index (χ1v) is 20.4. The quantitative estimate of drug-likeness (QED) is 0.121. The van der Waals surface area contributed by atoms with Crippen LogP contribution in [0.25, 0.3) is 0 Å². The minimum absolute atomic E-state index is 0.0443. The van der Waals surface area contributed by atoms with Gasteiger partial charge in [0, 0.05) is 6.42 Å². The minimum Gasteiger partial charge on any atom is -0.394 e. The normalized spacial score (nSPS) is 52.8. The molecule has 9 N–H and O–H groups in total. The first-order valence-electron chi connectivity index (χ1n) is 20.4.